The summed E-state index contributed by atoms with van der Waals surface area (Å²) in [7, 11) is 0. The number of hydrogen-bond donors (Lipinski definition) is 2. The third kappa shape index (κ3) is 5.17. The molecule has 4 rings (SSSR count). The smallest absolute Gasteiger partial charge is 0.253 e. The van der Waals surface area contributed by atoms with Crippen LogP contribution in [0, 0.1) is 26.7 Å². The van der Waals surface area contributed by atoms with E-state index in [4.69, 9.17) is 0 Å². The predicted octanol–water partition coefficient (Wildman–Crippen LogP) is 4.53. The molecular weight excluding hydrogens is 426 g/mol. The van der Waals surface area contributed by atoms with E-state index in [2.05, 4.69) is 10.6 Å². The van der Waals surface area contributed by atoms with Gasteiger partial charge in [0.1, 0.15) is 0 Å². The number of rotatable bonds is 6. The molecule has 0 bridgehead atoms. The Bertz CT molecular complexity index is 1230. The zero-order valence-corrected chi connectivity index (χ0v) is 19.7. The first-order valence-corrected chi connectivity index (χ1v) is 11.4. The van der Waals surface area contributed by atoms with Gasteiger partial charge in [-0.2, -0.15) is 0 Å². The molecule has 174 valence electrons. The van der Waals surface area contributed by atoms with E-state index in [1.807, 2.05) is 63.2 Å². The SMILES string of the molecule is Cc1ccc(CNC(=O)c2ccccc2NC(=O)[C@H]2CC(=O)N(c3ccc(C)c(C)c3)C2)cc1. The molecule has 1 saturated heterocycles. The van der Waals surface area contributed by atoms with Crippen molar-refractivity contribution in [2.24, 2.45) is 5.92 Å². The standard InChI is InChI=1S/C28H29N3O3/c1-18-8-11-21(12-9-18)16-29-28(34)24-6-4-5-7-25(24)30-27(33)22-15-26(32)31(17-22)23-13-10-19(2)20(3)14-23/h4-14,22H,15-17H2,1-3H3,(H,29,34)(H,30,33)/t22-/m0/s1. The minimum Gasteiger partial charge on any atom is -0.348 e. The third-order valence-corrected chi connectivity index (χ3v) is 6.30. The molecule has 1 aliphatic heterocycles. The Hall–Kier alpha value is -3.93. The summed E-state index contributed by atoms with van der Waals surface area (Å²) in [6.45, 7) is 6.75. The molecule has 6 nitrogen and oxygen atoms in total. The molecule has 1 heterocycles. The number of carbonyl (C=O) groups excluding carboxylic acids is 3. The Labute approximate surface area is 200 Å². The normalized spacial score (nSPS) is 15.3. The number of hydrogen-bond acceptors (Lipinski definition) is 3. The molecule has 0 radical (unpaired) electrons. The average molecular weight is 456 g/mol. The minimum absolute atomic E-state index is 0.0764. The first-order chi connectivity index (χ1) is 16.3. The van der Waals surface area contributed by atoms with Crippen LogP contribution in [-0.4, -0.2) is 24.3 Å². The number of aryl methyl sites for hydroxylation is 3. The van der Waals surface area contributed by atoms with E-state index in [9.17, 15) is 14.4 Å². The largest absolute Gasteiger partial charge is 0.348 e. The van der Waals surface area contributed by atoms with Gasteiger partial charge in [0.25, 0.3) is 5.91 Å². The van der Waals surface area contributed by atoms with Gasteiger partial charge in [0.05, 0.1) is 17.2 Å². The lowest BCUT2D eigenvalue weighted by atomic mass is 10.1. The Kier molecular flexibility index (Phi) is 6.77. The molecule has 0 aromatic heterocycles. The number of nitrogens with one attached hydrogen (secondary N) is 2. The van der Waals surface area contributed by atoms with Crippen LogP contribution in [0.4, 0.5) is 11.4 Å². The van der Waals surface area contributed by atoms with Crippen molar-refractivity contribution in [1.29, 1.82) is 0 Å². The van der Waals surface area contributed by atoms with Crippen molar-refractivity contribution >= 4 is 29.1 Å². The lowest BCUT2D eigenvalue weighted by molar-refractivity contribution is -0.122. The first-order valence-electron chi connectivity index (χ1n) is 11.4. The van der Waals surface area contributed by atoms with Crippen LogP contribution >= 0.6 is 0 Å². The number of carbonyl (C=O) groups is 3. The van der Waals surface area contributed by atoms with Crippen LogP contribution < -0.4 is 15.5 Å². The van der Waals surface area contributed by atoms with E-state index in [1.165, 1.54) is 0 Å². The molecule has 3 aromatic carbocycles. The van der Waals surface area contributed by atoms with Crippen molar-refractivity contribution in [2.75, 3.05) is 16.8 Å². The molecule has 0 saturated carbocycles. The highest BCUT2D eigenvalue weighted by Crippen LogP contribution is 2.28. The van der Waals surface area contributed by atoms with Crippen LogP contribution in [0.2, 0.25) is 0 Å². The summed E-state index contributed by atoms with van der Waals surface area (Å²) in [6.07, 6.45) is 0.139. The van der Waals surface area contributed by atoms with E-state index >= 15 is 0 Å². The molecule has 6 heteroatoms. The van der Waals surface area contributed by atoms with E-state index in [1.54, 1.807) is 29.2 Å². The van der Waals surface area contributed by atoms with Crippen LogP contribution in [0.15, 0.2) is 66.7 Å². The topological polar surface area (TPSA) is 78.5 Å². The van der Waals surface area contributed by atoms with Crippen molar-refractivity contribution in [1.82, 2.24) is 5.32 Å². The van der Waals surface area contributed by atoms with Gasteiger partial charge in [0, 0.05) is 25.2 Å². The van der Waals surface area contributed by atoms with Gasteiger partial charge in [-0.3, -0.25) is 14.4 Å². The van der Waals surface area contributed by atoms with Crippen molar-refractivity contribution in [3.8, 4) is 0 Å². The van der Waals surface area contributed by atoms with Crippen molar-refractivity contribution in [3.63, 3.8) is 0 Å². The molecule has 0 unspecified atom stereocenters. The Morgan fingerprint density at radius 3 is 2.41 bits per heavy atom. The number of amides is 3. The zero-order valence-electron chi connectivity index (χ0n) is 19.7. The molecule has 1 fully saturated rings. The second-order valence-corrected chi connectivity index (χ2v) is 8.88. The third-order valence-electron chi connectivity index (χ3n) is 6.30. The number of nitrogens with zero attached hydrogens (tertiary/aromatic N) is 1. The van der Waals surface area contributed by atoms with Gasteiger partial charge in [-0.05, 0) is 61.7 Å². The highest BCUT2D eigenvalue weighted by molar-refractivity contribution is 6.07. The van der Waals surface area contributed by atoms with Gasteiger partial charge in [-0.25, -0.2) is 0 Å². The van der Waals surface area contributed by atoms with Crippen LogP contribution in [-0.2, 0) is 16.1 Å². The number of anilines is 2. The van der Waals surface area contributed by atoms with Crippen LogP contribution in [0.5, 0.6) is 0 Å². The second-order valence-electron chi connectivity index (χ2n) is 8.88. The van der Waals surface area contributed by atoms with Crippen LogP contribution in [0.1, 0.15) is 39.0 Å². The van der Waals surface area contributed by atoms with Crippen LogP contribution in [0.3, 0.4) is 0 Å². The molecule has 3 amide bonds. The molecule has 2 N–H and O–H groups in total. The molecular formula is C28H29N3O3. The Morgan fingerprint density at radius 1 is 0.941 bits per heavy atom. The number of benzene rings is 3. The lowest BCUT2D eigenvalue weighted by Gasteiger charge is -2.18. The van der Waals surface area contributed by atoms with Crippen LogP contribution in [0.25, 0.3) is 0 Å². The molecule has 0 aliphatic carbocycles. The summed E-state index contributed by atoms with van der Waals surface area (Å²) < 4.78 is 0. The van der Waals surface area contributed by atoms with Gasteiger partial charge < -0.3 is 15.5 Å². The highest BCUT2D eigenvalue weighted by atomic mass is 16.2. The summed E-state index contributed by atoms with van der Waals surface area (Å²) in [5.74, 6) is -1.10. The number of para-hydroxylation sites is 1. The van der Waals surface area contributed by atoms with Crippen molar-refractivity contribution in [2.45, 2.75) is 33.7 Å². The fourth-order valence-corrected chi connectivity index (χ4v) is 4.03. The summed E-state index contributed by atoms with van der Waals surface area (Å²) in [4.78, 5) is 40.2. The average Bonchev–Trinajstić information content (AvgIpc) is 3.22. The quantitative estimate of drug-likeness (QED) is 0.573. The van der Waals surface area contributed by atoms with E-state index in [-0.39, 0.29) is 24.1 Å². The second kappa shape index (κ2) is 9.91. The predicted molar refractivity (Wildman–Crippen MR) is 134 cm³/mol. The van der Waals surface area contributed by atoms with Gasteiger partial charge in [-0.1, -0.05) is 48.0 Å². The molecule has 1 atom stereocenters. The Morgan fingerprint density at radius 2 is 1.68 bits per heavy atom. The van der Waals surface area contributed by atoms with Crippen molar-refractivity contribution in [3.05, 3.63) is 94.5 Å². The summed E-state index contributed by atoms with van der Waals surface area (Å²) in [5.41, 5.74) is 6.04. The minimum atomic E-state index is -0.488. The maximum absolute atomic E-state index is 13.0. The highest BCUT2D eigenvalue weighted by Gasteiger charge is 2.35. The fourth-order valence-electron chi connectivity index (χ4n) is 4.03. The lowest BCUT2D eigenvalue weighted by Crippen LogP contribution is -2.29. The maximum atomic E-state index is 13.0. The molecule has 0 spiro atoms. The first kappa shape index (κ1) is 23.2. The van der Waals surface area contributed by atoms with Crippen molar-refractivity contribution < 1.29 is 14.4 Å². The van der Waals surface area contributed by atoms with Gasteiger partial charge in [0.15, 0.2) is 0 Å². The summed E-state index contributed by atoms with van der Waals surface area (Å²) >= 11 is 0. The Balaban J connectivity index is 1.42. The van der Waals surface area contributed by atoms with E-state index in [0.717, 1.165) is 27.9 Å². The zero-order chi connectivity index (χ0) is 24.2. The van der Waals surface area contributed by atoms with Gasteiger partial charge in [-0.15, -0.1) is 0 Å². The summed E-state index contributed by atoms with van der Waals surface area (Å²) in [5, 5.41) is 5.78. The molecule has 34 heavy (non-hydrogen) atoms. The molecule has 1 aliphatic rings. The van der Waals surface area contributed by atoms with E-state index < -0.39 is 5.92 Å². The fraction of sp³-hybridized carbons (Fsp3) is 0.250. The maximum Gasteiger partial charge on any atom is 0.253 e. The van der Waals surface area contributed by atoms with Gasteiger partial charge in [0.2, 0.25) is 11.8 Å². The summed E-state index contributed by atoms with van der Waals surface area (Å²) in [6, 6.07) is 20.7. The monoisotopic (exact) mass is 455 g/mol. The van der Waals surface area contributed by atoms with Gasteiger partial charge >= 0.3 is 0 Å². The van der Waals surface area contributed by atoms with E-state index in [0.29, 0.717) is 24.3 Å². The molecule has 3 aromatic rings.